The molecular weight excluding hydrogens is 246 g/mol. The zero-order valence-electron chi connectivity index (χ0n) is 9.02. The smallest absolute Gasteiger partial charge is 0.275 e. The van der Waals surface area contributed by atoms with E-state index in [2.05, 4.69) is 5.32 Å². The third-order valence-electron chi connectivity index (χ3n) is 2.60. The van der Waals surface area contributed by atoms with Gasteiger partial charge in [-0.2, -0.15) is 0 Å². The van der Waals surface area contributed by atoms with Gasteiger partial charge in [0.2, 0.25) is 0 Å². The van der Waals surface area contributed by atoms with Crippen LogP contribution in [0.3, 0.4) is 0 Å². The minimum atomic E-state index is -1.04. The molecule has 0 amide bonds. The summed E-state index contributed by atoms with van der Waals surface area (Å²) in [5, 5.41) is 13.1. The number of hydrogen-bond acceptors (Lipinski definition) is 4. The van der Waals surface area contributed by atoms with Gasteiger partial charge in [0.25, 0.3) is 5.69 Å². The van der Waals surface area contributed by atoms with Crippen LogP contribution in [0.5, 0.6) is 0 Å². The van der Waals surface area contributed by atoms with Crippen LogP contribution in [0.25, 0.3) is 0 Å². The van der Waals surface area contributed by atoms with E-state index < -0.39 is 28.3 Å². The molecule has 0 bridgehead atoms. The Bertz CT molecular complexity index is 534. The van der Waals surface area contributed by atoms with Crippen LogP contribution in [-0.2, 0) is 4.79 Å². The molecule has 1 aliphatic rings. The zero-order chi connectivity index (χ0) is 13.3. The van der Waals surface area contributed by atoms with Gasteiger partial charge < -0.3 is 5.32 Å². The third-order valence-corrected chi connectivity index (χ3v) is 2.60. The van der Waals surface area contributed by atoms with Crippen LogP contribution < -0.4 is 5.32 Å². The average molecular weight is 254 g/mol. The molecule has 1 aromatic rings. The number of carbonyl (C=O) groups excluding carboxylic acids is 1. The van der Waals surface area contributed by atoms with Gasteiger partial charge in [0, 0.05) is 18.2 Å². The molecule has 7 heteroatoms. The van der Waals surface area contributed by atoms with Gasteiger partial charge in [-0.05, 0) is 6.08 Å². The van der Waals surface area contributed by atoms with Crippen molar-refractivity contribution < 1.29 is 18.5 Å². The molecule has 18 heavy (non-hydrogen) atoms. The number of nitro groups is 1. The first-order chi connectivity index (χ1) is 8.49. The molecule has 1 N–H and O–H groups in total. The fourth-order valence-electron chi connectivity index (χ4n) is 1.78. The number of rotatable bonds is 2. The molecular formula is C11H8F2N2O3. The van der Waals surface area contributed by atoms with E-state index in [0.29, 0.717) is 12.1 Å². The minimum Gasteiger partial charge on any atom is -0.383 e. The lowest BCUT2D eigenvalue weighted by Gasteiger charge is -2.20. The Labute approximate surface area is 100 Å². The molecule has 1 aromatic carbocycles. The van der Waals surface area contributed by atoms with E-state index in [1.165, 1.54) is 12.3 Å². The highest BCUT2D eigenvalue weighted by Gasteiger charge is 2.26. The van der Waals surface area contributed by atoms with Gasteiger partial charge >= 0.3 is 0 Å². The first-order valence-corrected chi connectivity index (χ1v) is 5.08. The number of nitro benzene ring substituents is 1. The molecule has 0 aliphatic carbocycles. The Hall–Kier alpha value is -2.31. The molecule has 0 fully saturated rings. The van der Waals surface area contributed by atoms with Crippen molar-refractivity contribution in [3.05, 3.63) is 51.7 Å². The van der Waals surface area contributed by atoms with E-state index in [1.807, 2.05) is 0 Å². The number of halogens is 2. The lowest BCUT2D eigenvalue weighted by molar-refractivity contribution is -0.385. The molecule has 1 unspecified atom stereocenters. The van der Waals surface area contributed by atoms with E-state index in [9.17, 15) is 23.7 Å². The van der Waals surface area contributed by atoms with Crippen molar-refractivity contribution in [1.29, 1.82) is 0 Å². The highest BCUT2D eigenvalue weighted by Crippen LogP contribution is 2.28. The Morgan fingerprint density at radius 1 is 1.33 bits per heavy atom. The maximum Gasteiger partial charge on any atom is 0.275 e. The number of nitrogens with one attached hydrogen (secondary N) is 1. The van der Waals surface area contributed by atoms with E-state index in [4.69, 9.17) is 0 Å². The molecule has 1 atom stereocenters. The Kier molecular flexibility index (Phi) is 3.05. The molecule has 5 nitrogen and oxygen atoms in total. The van der Waals surface area contributed by atoms with Crippen molar-refractivity contribution in [2.45, 2.75) is 12.5 Å². The maximum atomic E-state index is 13.7. The van der Waals surface area contributed by atoms with Crippen molar-refractivity contribution in [1.82, 2.24) is 5.32 Å². The van der Waals surface area contributed by atoms with Crippen molar-refractivity contribution in [2.75, 3.05) is 0 Å². The first kappa shape index (κ1) is 12.2. The number of nitrogens with zero attached hydrogens (tertiary/aromatic N) is 1. The second-order valence-electron chi connectivity index (χ2n) is 3.80. The summed E-state index contributed by atoms with van der Waals surface area (Å²) in [7, 11) is 0. The number of ketones is 1. The van der Waals surface area contributed by atoms with Gasteiger partial charge in [0.15, 0.2) is 5.78 Å². The topological polar surface area (TPSA) is 72.2 Å². The van der Waals surface area contributed by atoms with Crippen molar-refractivity contribution in [3.8, 4) is 0 Å². The van der Waals surface area contributed by atoms with E-state index >= 15 is 0 Å². The predicted octanol–water partition coefficient (Wildman–Crippen LogP) is 1.99. The first-order valence-electron chi connectivity index (χ1n) is 5.08. The standard InChI is InChI=1S/C11H8F2N2O3/c12-8-3-6(15(17)18)4-9(13)11(8)10-5-7(16)1-2-14-10/h1-4,10,14H,5H2. The molecule has 1 heterocycles. The summed E-state index contributed by atoms with van der Waals surface area (Å²) in [5.41, 5.74) is -1.02. The molecule has 0 spiro atoms. The summed E-state index contributed by atoms with van der Waals surface area (Å²) in [6.07, 6.45) is 2.47. The van der Waals surface area contributed by atoms with Crippen LogP contribution in [0.15, 0.2) is 24.4 Å². The highest BCUT2D eigenvalue weighted by molar-refractivity contribution is 5.90. The number of hydrogen-bond donors (Lipinski definition) is 1. The summed E-state index contributed by atoms with van der Waals surface area (Å²) < 4.78 is 27.3. The summed E-state index contributed by atoms with van der Waals surface area (Å²) in [6, 6.07) is 0.439. The number of benzene rings is 1. The third kappa shape index (κ3) is 2.20. The maximum absolute atomic E-state index is 13.7. The van der Waals surface area contributed by atoms with Crippen LogP contribution >= 0.6 is 0 Å². The number of allylic oxidation sites excluding steroid dienone is 1. The quantitative estimate of drug-likeness (QED) is 0.647. The van der Waals surface area contributed by atoms with Crippen molar-refractivity contribution in [2.24, 2.45) is 0 Å². The fraction of sp³-hybridized carbons (Fsp3) is 0.182. The van der Waals surface area contributed by atoms with Crippen LogP contribution in [0.1, 0.15) is 18.0 Å². The van der Waals surface area contributed by atoms with E-state index in [-0.39, 0.29) is 17.8 Å². The highest BCUT2D eigenvalue weighted by atomic mass is 19.1. The molecule has 0 aromatic heterocycles. The monoisotopic (exact) mass is 254 g/mol. The van der Waals surface area contributed by atoms with Crippen LogP contribution in [0.2, 0.25) is 0 Å². The van der Waals surface area contributed by atoms with Crippen LogP contribution in [0, 0.1) is 21.7 Å². The second kappa shape index (κ2) is 4.52. The molecule has 0 saturated carbocycles. The lowest BCUT2D eigenvalue weighted by Crippen LogP contribution is -2.25. The van der Waals surface area contributed by atoms with Gasteiger partial charge in [0.1, 0.15) is 11.6 Å². The van der Waals surface area contributed by atoms with Gasteiger partial charge in [-0.25, -0.2) is 8.78 Å². The SMILES string of the molecule is O=C1C=CNC(c2c(F)cc([N+](=O)[O-])cc2F)C1. The lowest BCUT2D eigenvalue weighted by atomic mass is 9.98. The largest absolute Gasteiger partial charge is 0.383 e. The van der Waals surface area contributed by atoms with Gasteiger partial charge in [-0.1, -0.05) is 0 Å². The number of carbonyl (C=O) groups is 1. The Balaban J connectivity index is 2.42. The molecule has 94 valence electrons. The molecule has 2 rings (SSSR count). The van der Waals surface area contributed by atoms with Crippen molar-refractivity contribution in [3.63, 3.8) is 0 Å². The van der Waals surface area contributed by atoms with Crippen molar-refractivity contribution >= 4 is 11.5 Å². The van der Waals surface area contributed by atoms with Gasteiger partial charge in [0.05, 0.1) is 23.1 Å². The summed E-state index contributed by atoms with van der Waals surface area (Å²) in [4.78, 5) is 20.7. The molecule has 1 aliphatic heterocycles. The Morgan fingerprint density at radius 2 is 1.94 bits per heavy atom. The molecule has 0 saturated heterocycles. The summed E-state index contributed by atoms with van der Waals surface area (Å²) in [6.45, 7) is 0. The van der Waals surface area contributed by atoms with Gasteiger partial charge in [-0.3, -0.25) is 14.9 Å². The Morgan fingerprint density at radius 3 is 2.44 bits per heavy atom. The van der Waals surface area contributed by atoms with E-state index in [0.717, 1.165) is 0 Å². The van der Waals surface area contributed by atoms with Crippen LogP contribution in [0.4, 0.5) is 14.5 Å². The second-order valence-corrected chi connectivity index (χ2v) is 3.80. The average Bonchev–Trinajstić information content (AvgIpc) is 2.27. The predicted molar refractivity (Wildman–Crippen MR) is 57.7 cm³/mol. The normalized spacial score (nSPS) is 18.6. The zero-order valence-corrected chi connectivity index (χ0v) is 9.02. The van der Waals surface area contributed by atoms with Gasteiger partial charge in [-0.15, -0.1) is 0 Å². The fourth-order valence-corrected chi connectivity index (χ4v) is 1.78. The minimum absolute atomic E-state index is 0.0951. The van der Waals surface area contributed by atoms with E-state index in [1.54, 1.807) is 0 Å². The number of non-ortho nitro benzene ring substituents is 1. The summed E-state index contributed by atoms with van der Waals surface area (Å²) in [5.74, 6) is -2.35. The summed E-state index contributed by atoms with van der Waals surface area (Å²) >= 11 is 0. The van der Waals surface area contributed by atoms with Crippen LogP contribution in [-0.4, -0.2) is 10.7 Å². The molecule has 0 radical (unpaired) electrons.